The average Bonchev–Trinajstić information content (AvgIpc) is 2.68. The van der Waals surface area contributed by atoms with Crippen LogP contribution >= 0.6 is 8.25 Å². The first kappa shape index (κ1) is 18.9. The van der Waals surface area contributed by atoms with Crippen LogP contribution in [0.2, 0.25) is 0 Å². The summed E-state index contributed by atoms with van der Waals surface area (Å²) in [6.45, 7) is 3.66. The van der Waals surface area contributed by atoms with Crippen molar-refractivity contribution in [2.45, 2.75) is 31.7 Å². The topological polar surface area (TPSA) is 120 Å². The Bertz CT molecular complexity index is 839. The number of nitrogens with two attached hydrogens (primary N) is 2. The molecule has 2 aliphatic heterocycles. The quantitative estimate of drug-likeness (QED) is 0.586. The van der Waals surface area contributed by atoms with Crippen LogP contribution in [0.1, 0.15) is 43.0 Å². The minimum atomic E-state index is -2.48. The minimum Gasteiger partial charge on any atom is -0.359 e. The lowest BCUT2D eigenvalue weighted by atomic mass is 9.97. The molecule has 9 nitrogen and oxygen atoms in total. The van der Waals surface area contributed by atoms with E-state index in [0.29, 0.717) is 0 Å². The molecule has 2 aliphatic rings. The summed E-state index contributed by atoms with van der Waals surface area (Å²) in [5.41, 5.74) is 8.77. The van der Waals surface area contributed by atoms with Crippen molar-refractivity contribution in [3.05, 3.63) is 35.5 Å². The zero-order chi connectivity index (χ0) is 19.8. The van der Waals surface area contributed by atoms with Gasteiger partial charge in [-0.3, -0.25) is 0 Å². The summed E-state index contributed by atoms with van der Waals surface area (Å²) in [6.07, 6.45) is 1.77. The molecule has 28 heavy (non-hydrogen) atoms. The van der Waals surface area contributed by atoms with Gasteiger partial charge in [0.2, 0.25) is 0 Å². The van der Waals surface area contributed by atoms with E-state index in [-0.39, 0.29) is 23.7 Å². The summed E-state index contributed by atoms with van der Waals surface area (Å²) in [6, 6.07) is 6.92. The zero-order valence-electron chi connectivity index (χ0n) is 15.9. The first-order chi connectivity index (χ1) is 13.4. The predicted octanol–water partition coefficient (Wildman–Crippen LogP) is 2.62. The lowest BCUT2D eigenvalue weighted by Crippen LogP contribution is -2.37. The molecule has 0 spiro atoms. The van der Waals surface area contributed by atoms with E-state index in [2.05, 4.69) is 16.9 Å². The molecule has 148 valence electrons. The second-order valence-corrected chi connectivity index (χ2v) is 8.03. The van der Waals surface area contributed by atoms with Crippen LogP contribution in [0.25, 0.3) is 0 Å². The predicted molar refractivity (Wildman–Crippen MR) is 107 cm³/mol. The Hall–Kier alpha value is -2.48. The Labute approximate surface area is 164 Å². The van der Waals surface area contributed by atoms with Crippen molar-refractivity contribution in [2.75, 3.05) is 30.0 Å². The smallest absolute Gasteiger partial charge is 0.359 e. The molecule has 0 saturated heterocycles. The largest absolute Gasteiger partial charge is 0.808 e. The van der Waals surface area contributed by atoms with Gasteiger partial charge in [-0.15, -0.1) is 0 Å². The van der Waals surface area contributed by atoms with E-state index in [1.165, 1.54) is 0 Å². The summed E-state index contributed by atoms with van der Waals surface area (Å²) in [4.78, 5) is 10.9. The third-order valence-corrected chi connectivity index (χ3v) is 5.88. The number of fused-ring (bicyclic) bond motifs is 2. The monoisotopic (exact) mass is 403 g/mol. The van der Waals surface area contributed by atoms with Crippen LogP contribution in [0.4, 0.5) is 11.5 Å². The van der Waals surface area contributed by atoms with Crippen LogP contribution < -0.4 is 30.5 Å². The highest BCUT2D eigenvalue weighted by atomic mass is 31.1. The number of pyridine rings is 2. The van der Waals surface area contributed by atoms with Gasteiger partial charge in [-0.1, -0.05) is 6.92 Å². The number of nitrogens with zero attached hydrogens (tertiary/aromatic N) is 4. The number of hydrogen-bond donors (Lipinski definition) is 2. The second kappa shape index (κ2) is 7.50. The Balaban J connectivity index is 1.48. The van der Waals surface area contributed by atoms with Gasteiger partial charge >= 0.3 is 8.25 Å². The molecule has 0 saturated carbocycles. The molecule has 0 radical (unpaired) electrons. The van der Waals surface area contributed by atoms with Gasteiger partial charge in [-0.2, -0.15) is 4.98 Å². The number of aromatic nitrogens is 2. The summed E-state index contributed by atoms with van der Waals surface area (Å²) < 4.78 is 23.2. The van der Waals surface area contributed by atoms with Crippen molar-refractivity contribution < 1.29 is 13.6 Å². The Morgan fingerprint density at radius 1 is 1.11 bits per heavy atom. The van der Waals surface area contributed by atoms with E-state index in [9.17, 15) is 4.57 Å². The lowest BCUT2D eigenvalue weighted by Gasteiger charge is -2.29. The van der Waals surface area contributed by atoms with Crippen molar-refractivity contribution in [3.63, 3.8) is 0 Å². The number of hydrazine groups is 1. The SMILES string of the molecule is CC1CCN(N)c2ccc(O[P+](=O)Oc3ccc4c(n3)N(C)CCC4N)nc21. The minimum absolute atomic E-state index is 0.0541. The molecule has 4 rings (SSSR count). The maximum atomic E-state index is 12.4. The van der Waals surface area contributed by atoms with Gasteiger partial charge in [0.25, 0.3) is 11.8 Å². The van der Waals surface area contributed by atoms with E-state index >= 15 is 0 Å². The second-order valence-electron chi connectivity index (χ2n) is 7.22. The van der Waals surface area contributed by atoms with Gasteiger partial charge in [-0.05, 0) is 25.0 Å². The fourth-order valence-electron chi connectivity index (χ4n) is 3.55. The zero-order valence-corrected chi connectivity index (χ0v) is 16.8. The molecule has 0 aromatic carbocycles. The van der Waals surface area contributed by atoms with E-state index in [0.717, 1.165) is 48.7 Å². The molecule has 4 N–H and O–H groups in total. The first-order valence-electron chi connectivity index (χ1n) is 9.26. The van der Waals surface area contributed by atoms with Crippen LogP contribution in [-0.2, 0) is 4.57 Å². The van der Waals surface area contributed by atoms with Crippen molar-refractivity contribution in [2.24, 2.45) is 11.6 Å². The maximum Gasteiger partial charge on any atom is 0.808 e. The average molecular weight is 403 g/mol. The summed E-state index contributed by atoms with van der Waals surface area (Å²) in [5.74, 6) is 7.43. The van der Waals surface area contributed by atoms with E-state index in [4.69, 9.17) is 20.6 Å². The number of anilines is 2. The third kappa shape index (κ3) is 3.61. The molecule has 2 aromatic heterocycles. The van der Waals surface area contributed by atoms with Gasteiger partial charge < -0.3 is 15.6 Å². The molecule has 0 bridgehead atoms. The van der Waals surface area contributed by atoms with E-state index < -0.39 is 8.25 Å². The Morgan fingerprint density at radius 3 is 2.61 bits per heavy atom. The van der Waals surface area contributed by atoms with E-state index in [1.807, 2.05) is 24.1 Å². The van der Waals surface area contributed by atoms with Crippen molar-refractivity contribution >= 4 is 19.8 Å². The highest BCUT2D eigenvalue weighted by Crippen LogP contribution is 2.37. The van der Waals surface area contributed by atoms with Crippen LogP contribution in [0.3, 0.4) is 0 Å². The van der Waals surface area contributed by atoms with Gasteiger partial charge in [-0.25, -0.2) is 19.9 Å². The van der Waals surface area contributed by atoms with Crippen molar-refractivity contribution in [1.29, 1.82) is 0 Å². The van der Waals surface area contributed by atoms with Crippen LogP contribution in [0.15, 0.2) is 24.3 Å². The molecule has 4 heterocycles. The van der Waals surface area contributed by atoms with Crippen molar-refractivity contribution in [3.8, 4) is 11.8 Å². The summed E-state index contributed by atoms with van der Waals surface area (Å²) in [7, 11) is -0.539. The Kier molecular flexibility index (Phi) is 5.05. The molecule has 0 fully saturated rings. The van der Waals surface area contributed by atoms with Gasteiger partial charge in [0.05, 0.1) is 11.4 Å². The van der Waals surface area contributed by atoms with Crippen molar-refractivity contribution in [1.82, 2.24) is 9.97 Å². The fraction of sp³-hybridized carbons (Fsp3) is 0.444. The summed E-state index contributed by atoms with van der Waals surface area (Å²) >= 11 is 0. The van der Waals surface area contributed by atoms with Gasteiger partial charge in [0.15, 0.2) is 0 Å². The van der Waals surface area contributed by atoms with Gasteiger partial charge in [0.1, 0.15) is 5.82 Å². The molecular weight excluding hydrogens is 379 g/mol. The molecule has 0 aliphatic carbocycles. The molecule has 3 atom stereocenters. The Morgan fingerprint density at radius 2 is 1.82 bits per heavy atom. The highest BCUT2D eigenvalue weighted by molar-refractivity contribution is 7.34. The molecule has 2 aromatic rings. The van der Waals surface area contributed by atoms with E-state index in [1.54, 1.807) is 17.1 Å². The first-order valence-corrected chi connectivity index (χ1v) is 10.4. The number of rotatable bonds is 4. The molecule has 0 amide bonds. The molecule has 10 heteroatoms. The van der Waals surface area contributed by atoms with Crippen LogP contribution in [-0.4, -0.2) is 30.1 Å². The lowest BCUT2D eigenvalue weighted by molar-refractivity contribution is 0.401. The van der Waals surface area contributed by atoms with Crippen LogP contribution in [0, 0.1) is 0 Å². The van der Waals surface area contributed by atoms with Gasteiger partial charge in [0, 0.05) is 54.4 Å². The standard InChI is InChI=1S/C18H24N6O3P/c1-11-7-10-24(20)14-4-6-15(21-17(11)14)26-28(25)27-16-5-3-12-13(19)8-9-23(2)18(12)22-16/h3-6,11,13H,7-10,19-20H2,1-2H3/q+1. The number of hydrogen-bond acceptors (Lipinski definition) is 9. The molecular formula is C18H24N6O3P+. The summed E-state index contributed by atoms with van der Waals surface area (Å²) in [5, 5.41) is 1.67. The third-order valence-electron chi connectivity index (χ3n) is 5.21. The normalized spacial score (nSPS) is 21.6. The highest BCUT2D eigenvalue weighted by Gasteiger charge is 2.30. The fourth-order valence-corrected chi connectivity index (χ4v) is 4.09. The van der Waals surface area contributed by atoms with Crippen LogP contribution in [0.5, 0.6) is 11.8 Å². The maximum absolute atomic E-state index is 12.4. The molecule has 3 unspecified atom stereocenters.